The molecule has 42 heavy (non-hydrogen) atoms. The fraction of sp³-hybridized carbons (Fsp3) is 0.258. The van der Waals surface area contributed by atoms with Gasteiger partial charge in [-0.1, -0.05) is 41.9 Å². The molecule has 0 saturated carbocycles. The van der Waals surface area contributed by atoms with Crippen molar-refractivity contribution in [1.29, 1.82) is 0 Å². The van der Waals surface area contributed by atoms with Crippen LogP contribution in [0.1, 0.15) is 31.7 Å². The summed E-state index contributed by atoms with van der Waals surface area (Å²) in [6.07, 6.45) is 4.86. The Balaban J connectivity index is 1.28. The molecular formula is C31H29Cl2N5O3S. The second-order valence-electron chi connectivity index (χ2n) is 10.1. The van der Waals surface area contributed by atoms with Crippen LogP contribution in [-0.4, -0.2) is 58.8 Å². The topological polar surface area (TPSA) is 95.0 Å². The smallest absolute Gasteiger partial charge is 0.264 e. The molecule has 2 aromatic carbocycles. The predicted octanol–water partition coefficient (Wildman–Crippen LogP) is 6.40. The van der Waals surface area contributed by atoms with Gasteiger partial charge in [-0.3, -0.25) is 19.4 Å². The van der Waals surface area contributed by atoms with Gasteiger partial charge in [0.1, 0.15) is 5.69 Å². The van der Waals surface area contributed by atoms with Crippen LogP contribution in [0.4, 0.5) is 11.4 Å². The number of amidine groups is 1. The molecule has 1 N–H and O–H groups in total. The molecule has 2 saturated heterocycles. The van der Waals surface area contributed by atoms with Crippen molar-refractivity contribution < 1.29 is 14.4 Å². The van der Waals surface area contributed by atoms with Gasteiger partial charge >= 0.3 is 0 Å². The van der Waals surface area contributed by atoms with Gasteiger partial charge in [-0.25, -0.2) is 4.99 Å². The Morgan fingerprint density at radius 1 is 1.10 bits per heavy atom. The number of nitrogens with one attached hydrogen (secondary N) is 1. The first-order valence-electron chi connectivity index (χ1n) is 13.5. The molecule has 3 heterocycles. The summed E-state index contributed by atoms with van der Waals surface area (Å²) in [5, 5.41) is 4.94. The lowest BCUT2D eigenvalue weighted by atomic mass is 10.1. The highest BCUT2D eigenvalue weighted by atomic mass is 35.5. The van der Waals surface area contributed by atoms with Gasteiger partial charge in [-0.2, -0.15) is 0 Å². The second kappa shape index (κ2) is 13.1. The zero-order valence-corrected chi connectivity index (χ0v) is 25.4. The Hall–Kier alpha value is -3.66. The number of allylic oxidation sites excluding steroid dienone is 1. The number of carbonyl (C=O) groups is 3. The molecule has 1 aromatic heterocycles. The van der Waals surface area contributed by atoms with Crippen LogP contribution in [0, 0.1) is 0 Å². The van der Waals surface area contributed by atoms with E-state index in [1.54, 1.807) is 31.3 Å². The van der Waals surface area contributed by atoms with Gasteiger partial charge in [0.25, 0.3) is 5.91 Å². The summed E-state index contributed by atoms with van der Waals surface area (Å²) < 4.78 is 0. The number of nitrogens with zero attached hydrogens (tertiary/aromatic N) is 4. The van der Waals surface area contributed by atoms with Crippen molar-refractivity contribution in [3.05, 3.63) is 81.3 Å². The van der Waals surface area contributed by atoms with Gasteiger partial charge in [-0.15, -0.1) is 0 Å². The molecule has 8 nitrogen and oxygen atoms in total. The molecular weight excluding hydrogens is 593 g/mol. The molecule has 0 aliphatic carbocycles. The van der Waals surface area contributed by atoms with E-state index in [2.05, 4.69) is 26.8 Å². The number of hydrogen-bond donors (Lipinski definition) is 1. The van der Waals surface area contributed by atoms with Crippen molar-refractivity contribution in [3.63, 3.8) is 0 Å². The molecule has 216 valence electrons. The number of thioether (sulfide) groups is 1. The average Bonchev–Trinajstić information content (AvgIpc) is 3.32. The zero-order valence-electron chi connectivity index (χ0n) is 23.0. The molecule has 2 aliphatic heterocycles. The molecule has 2 fully saturated rings. The van der Waals surface area contributed by atoms with Crippen molar-refractivity contribution in [3.8, 4) is 0 Å². The molecule has 2 amide bonds. The van der Waals surface area contributed by atoms with Crippen LogP contribution in [-0.2, 0) is 14.4 Å². The number of ketones is 1. The lowest BCUT2D eigenvalue weighted by molar-refractivity contribution is -0.131. The Morgan fingerprint density at radius 3 is 2.55 bits per heavy atom. The number of rotatable bonds is 8. The Morgan fingerprint density at radius 2 is 1.83 bits per heavy atom. The van der Waals surface area contributed by atoms with E-state index < -0.39 is 0 Å². The van der Waals surface area contributed by atoms with Crippen LogP contribution in [0.3, 0.4) is 0 Å². The maximum absolute atomic E-state index is 12.7. The van der Waals surface area contributed by atoms with E-state index in [-0.39, 0.29) is 17.6 Å². The van der Waals surface area contributed by atoms with Crippen LogP contribution in [0.15, 0.2) is 70.7 Å². The SMILES string of the molecule is C=C(C)C(=O)CCCC(=O)N1CCN(c2ccnc3ccc(/C=C4/SC(=Nc5c(Cl)cccc5Cl)NC4=O)cc23)CC1. The first kappa shape index (κ1) is 29.8. The summed E-state index contributed by atoms with van der Waals surface area (Å²) in [5.41, 5.74) is 3.66. The van der Waals surface area contributed by atoms with Gasteiger partial charge in [0, 0.05) is 56.3 Å². The Bertz CT molecular complexity index is 1630. The zero-order chi connectivity index (χ0) is 29.8. The minimum Gasteiger partial charge on any atom is -0.367 e. The number of benzene rings is 2. The molecule has 2 aliphatic rings. The van der Waals surface area contributed by atoms with E-state index in [9.17, 15) is 14.4 Å². The number of amides is 2. The number of aromatic nitrogens is 1. The predicted molar refractivity (Wildman–Crippen MR) is 171 cm³/mol. The van der Waals surface area contributed by atoms with E-state index >= 15 is 0 Å². The summed E-state index contributed by atoms with van der Waals surface area (Å²) >= 11 is 13.7. The number of aliphatic imine (C=N–C) groups is 1. The van der Waals surface area contributed by atoms with E-state index in [0.29, 0.717) is 76.8 Å². The number of para-hydroxylation sites is 1. The maximum Gasteiger partial charge on any atom is 0.264 e. The number of pyridine rings is 1. The highest BCUT2D eigenvalue weighted by Crippen LogP contribution is 2.36. The standard InChI is InChI=1S/C31H29Cl2N5O3S/c1-19(2)26(39)7-4-8-28(40)38-15-13-37(14-16-38)25-11-12-34-24-10-9-20(17-21(24)25)18-27-30(41)36-31(42-27)35-29-22(32)5-3-6-23(29)33/h3,5-6,9-12,17-18H,1,4,7-8,13-16H2,2H3,(H,35,36,41)/b27-18+. The van der Waals surface area contributed by atoms with Crippen LogP contribution >= 0.6 is 35.0 Å². The molecule has 0 atom stereocenters. The molecule has 0 bridgehead atoms. The minimum absolute atomic E-state index is 0.00920. The number of anilines is 1. The second-order valence-corrected chi connectivity index (χ2v) is 11.9. The van der Waals surface area contributed by atoms with E-state index in [0.717, 1.165) is 22.2 Å². The first-order valence-corrected chi connectivity index (χ1v) is 15.1. The van der Waals surface area contributed by atoms with Crippen LogP contribution in [0.2, 0.25) is 10.0 Å². The van der Waals surface area contributed by atoms with Crippen molar-refractivity contribution in [1.82, 2.24) is 15.2 Å². The van der Waals surface area contributed by atoms with Crippen molar-refractivity contribution in [2.24, 2.45) is 4.99 Å². The monoisotopic (exact) mass is 621 g/mol. The summed E-state index contributed by atoms with van der Waals surface area (Å²) in [5.74, 6) is -0.169. The first-order chi connectivity index (χ1) is 20.2. The van der Waals surface area contributed by atoms with Gasteiger partial charge in [0.2, 0.25) is 5.91 Å². The average molecular weight is 623 g/mol. The lowest BCUT2D eigenvalue weighted by Gasteiger charge is -2.36. The fourth-order valence-electron chi connectivity index (χ4n) is 4.81. The van der Waals surface area contributed by atoms with E-state index in [1.165, 1.54) is 11.8 Å². The number of hydrogen-bond acceptors (Lipinski definition) is 7. The normalized spacial score (nSPS) is 17.3. The van der Waals surface area contributed by atoms with Gasteiger partial charge in [0.15, 0.2) is 11.0 Å². The Kier molecular flexibility index (Phi) is 9.30. The summed E-state index contributed by atoms with van der Waals surface area (Å²) in [4.78, 5) is 50.8. The summed E-state index contributed by atoms with van der Waals surface area (Å²) in [6, 6.07) is 13.0. The third kappa shape index (κ3) is 6.86. The molecule has 0 radical (unpaired) electrons. The van der Waals surface area contributed by atoms with Crippen molar-refractivity contribution in [2.45, 2.75) is 26.2 Å². The van der Waals surface area contributed by atoms with Crippen molar-refractivity contribution in [2.75, 3.05) is 31.1 Å². The molecule has 11 heteroatoms. The molecule has 0 unspecified atom stereocenters. The largest absolute Gasteiger partial charge is 0.367 e. The van der Waals surface area contributed by atoms with Crippen molar-refractivity contribution >= 4 is 86.1 Å². The van der Waals surface area contributed by atoms with Crippen LogP contribution in [0.5, 0.6) is 0 Å². The van der Waals surface area contributed by atoms with E-state index in [4.69, 9.17) is 23.2 Å². The third-order valence-electron chi connectivity index (χ3n) is 7.09. The van der Waals surface area contributed by atoms with Gasteiger partial charge in [-0.05, 0) is 72.7 Å². The molecule has 3 aromatic rings. The van der Waals surface area contributed by atoms with Crippen LogP contribution in [0.25, 0.3) is 17.0 Å². The summed E-state index contributed by atoms with van der Waals surface area (Å²) in [7, 11) is 0. The summed E-state index contributed by atoms with van der Waals surface area (Å²) in [6.45, 7) is 7.94. The van der Waals surface area contributed by atoms with Crippen LogP contribution < -0.4 is 10.2 Å². The van der Waals surface area contributed by atoms with E-state index in [1.807, 2.05) is 35.2 Å². The Labute approximate surface area is 258 Å². The number of piperazine rings is 1. The number of carbonyl (C=O) groups excluding carboxylic acids is 3. The quantitative estimate of drug-likeness (QED) is 0.293. The lowest BCUT2D eigenvalue weighted by Crippen LogP contribution is -2.48. The highest BCUT2D eigenvalue weighted by Gasteiger charge is 2.25. The van der Waals surface area contributed by atoms with Gasteiger partial charge < -0.3 is 15.1 Å². The highest BCUT2D eigenvalue weighted by molar-refractivity contribution is 8.18. The minimum atomic E-state index is -0.252. The maximum atomic E-state index is 12.7. The molecule has 0 spiro atoms. The number of halogens is 2. The number of fused-ring (bicyclic) bond motifs is 1. The number of Topliss-reactive ketones (excluding diaryl/α,β-unsaturated/α-hetero) is 1. The fourth-order valence-corrected chi connectivity index (χ4v) is 6.12. The van der Waals surface area contributed by atoms with Gasteiger partial charge in [0.05, 0.1) is 20.5 Å². The third-order valence-corrected chi connectivity index (χ3v) is 8.61. The molecule has 5 rings (SSSR count).